The lowest BCUT2D eigenvalue weighted by Crippen LogP contribution is -2.30. The molecule has 0 aliphatic carbocycles. The third-order valence-electron chi connectivity index (χ3n) is 2.18. The normalized spacial score (nSPS) is 16.3. The lowest BCUT2D eigenvalue weighted by molar-refractivity contribution is 0.473. The van der Waals surface area contributed by atoms with Crippen molar-refractivity contribution < 1.29 is 0 Å². The van der Waals surface area contributed by atoms with Gasteiger partial charge in [-0.1, -0.05) is 0 Å². The van der Waals surface area contributed by atoms with Crippen molar-refractivity contribution in [3.63, 3.8) is 0 Å². The minimum Gasteiger partial charge on any atom is -0.385 e. The van der Waals surface area contributed by atoms with Crippen LogP contribution >= 0.6 is 0 Å². The number of hydrogen-bond donors (Lipinski definition) is 1. The SMILES string of the molecule is CC1(C)CC(C(C#N)=C(C#N)C#N)=CN1. The number of nitrogens with one attached hydrogen (secondary N) is 1. The molecule has 1 aliphatic rings. The quantitative estimate of drug-likeness (QED) is 0.647. The van der Waals surface area contributed by atoms with Gasteiger partial charge in [-0.3, -0.25) is 0 Å². The molecule has 15 heavy (non-hydrogen) atoms. The summed E-state index contributed by atoms with van der Waals surface area (Å²) in [6.07, 6.45) is 2.34. The zero-order valence-corrected chi connectivity index (χ0v) is 8.63. The smallest absolute Gasteiger partial charge is 0.147 e. The topological polar surface area (TPSA) is 83.4 Å². The van der Waals surface area contributed by atoms with E-state index in [-0.39, 0.29) is 16.7 Å². The summed E-state index contributed by atoms with van der Waals surface area (Å²) < 4.78 is 0. The van der Waals surface area contributed by atoms with E-state index in [2.05, 4.69) is 5.32 Å². The molecule has 0 spiro atoms. The van der Waals surface area contributed by atoms with Crippen LogP contribution in [0.1, 0.15) is 20.3 Å². The van der Waals surface area contributed by atoms with E-state index >= 15 is 0 Å². The van der Waals surface area contributed by atoms with Crippen LogP contribution in [0.2, 0.25) is 0 Å². The lowest BCUT2D eigenvalue weighted by Gasteiger charge is -2.18. The molecule has 1 rings (SSSR count). The third kappa shape index (κ3) is 2.16. The highest BCUT2D eigenvalue weighted by Crippen LogP contribution is 2.28. The van der Waals surface area contributed by atoms with Crippen molar-refractivity contribution in [2.24, 2.45) is 0 Å². The highest BCUT2D eigenvalue weighted by Gasteiger charge is 2.27. The lowest BCUT2D eigenvalue weighted by atomic mass is 9.94. The second kappa shape index (κ2) is 3.86. The Morgan fingerprint density at radius 2 is 1.87 bits per heavy atom. The summed E-state index contributed by atoms with van der Waals surface area (Å²) in [6.45, 7) is 3.98. The molecule has 0 aromatic rings. The van der Waals surface area contributed by atoms with Crippen molar-refractivity contribution in [1.82, 2.24) is 5.32 Å². The first-order valence-corrected chi connectivity index (χ1v) is 4.46. The molecule has 0 atom stereocenters. The monoisotopic (exact) mass is 198 g/mol. The fourth-order valence-corrected chi connectivity index (χ4v) is 1.45. The second-order valence-electron chi connectivity index (χ2n) is 3.96. The molecule has 0 radical (unpaired) electrons. The summed E-state index contributed by atoms with van der Waals surface area (Å²) in [7, 11) is 0. The highest BCUT2D eigenvalue weighted by molar-refractivity contribution is 5.56. The van der Waals surface area contributed by atoms with Crippen LogP contribution in [0.3, 0.4) is 0 Å². The van der Waals surface area contributed by atoms with Crippen molar-refractivity contribution in [3.05, 3.63) is 22.9 Å². The Hall–Kier alpha value is -2.25. The van der Waals surface area contributed by atoms with Gasteiger partial charge in [0.1, 0.15) is 23.8 Å². The summed E-state index contributed by atoms with van der Waals surface area (Å²) in [6, 6.07) is 5.38. The minimum atomic E-state index is -0.122. The number of nitriles is 3. The highest BCUT2D eigenvalue weighted by atomic mass is 15.0. The number of allylic oxidation sites excluding steroid dienone is 2. The predicted molar refractivity (Wildman–Crippen MR) is 53.8 cm³/mol. The molecule has 74 valence electrons. The molecule has 1 heterocycles. The third-order valence-corrected chi connectivity index (χ3v) is 2.18. The number of rotatable bonds is 1. The van der Waals surface area contributed by atoms with Gasteiger partial charge in [0.25, 0.3) is 0 Å². The number of nitrogens with zero attached hydrogens (tertiary/aromatic N) is 3. The molecule has 1 N–H and O–H groups in total. The molecule has 0 aromatic carbocycles. The Kier molecular flexibility index (Phi) is 2.79. The predicted octanol–water partition coefficient (Wildman–Crippen LogP) is 1.51. The molecular weight excluding hydrogens is 188 g/mol. The van der Waals surface area contributed by atoms with Crippen LogP contribution in [0.15, 0.2) is 22.9 Å². The van der Waals surface area contributed by atoms with Crippen LogP contribution in [0.25, 0.3) is 0 Å². The molecule has 0 aromatic heterocycles. The summed E-state index contributed by atoms with van der Waals surface area (Å²) in [5, 5.41) is 29.4. The van der Waals surface area contributed by atoms with Gasteiger partial charge >= 0.3 is 0 Å². The molecular formula is C11H10N4. The Balaban J connectivity index is 3.11. The molecule has 0 amide bonds. The summed E-state index contributed by atoms with van der Waals surface area (Å²) in [4.78, 5) is 0. The van der Waals surface area contributed by atoms with E-state index in [9.17, 15) is 0 Å². The van der Waals surface area contributed by atoms with Crippen LogP contribution in [-0.4, -0.2) is 5.54 Å². The van der Waals surface area contributed by atoms with Crippen LogP contribution in [0.5, 0.6) is 0 Å². The van der Waals surface area contributed by atoms with Gasteiger partial charge in [0.05, 0.1) is 5.57 Å². The maximum Gasteiger partial charge on any atom is 0.147 e. The first kappa shape index (κ1) is 10.8. The summed E-state index contributed by atoms with van der Waals surface area (Å²) in [5.41, 5.74) is 0.662. The van der Waals surface area contributed by atoms with Crippen LogP contribution in [0.4, 0.5) is 0 Å². The molecule has 0 saturated heterocycles. The van der Waals surface area contributed by atoms with Crippen molar-refractivity contribution in [3.8, 4) is 18.2 Å². The molecule has 1 aliphatic heterocycles. The van der Waals surface area contributed by atoms with Crippen molar-refractivity contribution in [2.75, 3.05) is 0 Å². The first-order chi connectivity index (χ1) is 7.04. The maximum absolute atomic E-state index is 8.91. The Labute approximate surface area is 88.7 Å². The van der Waals surface area contributed by atoms with Crippen molar-refractivity contribution >= 4 is 0 Å². The van der Waals surface area contributed by atoms with Crippen LogP contribution < -0.4 is 5.32 Å². The fraction of sp³-hybridized carbons (Fsp3) is 0.364. The van der Waals surface area contributed by atoms with Gasteiger partial charge in [-0.2, -0.15) is 15.8 Å². The summed E-state index contributed by atoms with van der Waals surface area (Å²) >= 11 is 0. The van der Waals surface area contributed by atoms with Crippen molar-refractivity contribution in [1.29, 1.82) is 15.8 Å². The van der Waals surface area contributed by atoms with E-state index in [0.29, 0.717) is 6.42 Å². The van der Waals surface area contributed by atoms with Gasteiger partial charge in [-0.15, -0.1) is 0 Å². The standard InChI is InChI=1S/C11H10N4/c1-11(2)3-8(7-15-11)10(6-14)9(4-12)5-13/h7,15H,3H2,1-2H3. The second-order valence-corrected chi connectivity index (χ2v) is 3.96. The van der Waals surface area contributed by atoms with Gasteiger partial charge in [0.2, 0.25) is 0 Å². The summed E-state index contributed by atoms with van der Waals surface area (Å²) in [5.74, 6) is 0. The largest absolute Gasteiger partial charge is 0.385 e. The van der Waals surface area contributed by atoms with E-state index in [1.165, 1.54) is 0 Å². The minimum absolute atomic E-state index is 0.118. The zero-order valence-electron chi connectivity index (χ0n) is 8.63. The average molecular weight is 198 g/mol. The molecule has 0 unspecified atom stereocenters. The molecule has 0 saturated carbocycles. The number of hydrogen-bond acceptors (Lipinski definition) is 4. The zero-order chi connectivity index (χ0) is 11.5. The Bertz CT molecular complexity index is 444. The Morgan fingerprint density at radius 3 is 2.20 bits per heavy atom. The van der Waals surface area contributed by atoms with Gasteiger partial charge in [0, 0.05) is 11.7 Å². The molecule has 0 fully saturated rings. The fourth-order valence-electron chi connectivity index (χ4n) is 1.45. The van der Waals surface area contributed by atoms with Crippen molar-refractivity contribution in [2.45, 2.75) is 25.8 Å². The average Bonchev–Trinajstić information content (AvgIpc) is 2.54. The molecule has 0 bridgehead atoms. The Morgan fingerprint density at radius 1 is 1.27 bits per heavy atom. The van der Waals surface area contributed by atoms with E-state index < -0.39 is 0 Å². The van der Waals surface area contributed by atoms with E-state index in [1.54, 1.807) is 18.3 Å². The molecule has 4 nitrogen and oxygen atoms in total. The van der Waals surface area contributed by atoms with Gasteiger partial charge in [0.15, 0.2) is 0 Å². The van der Waals surface area contributed by atoms with Gasteiger partial charge in [-0.25, -0.2) is 0 Å². The first-order valence-electron chi connectivity index (χ1n) is 4.46. The van der Waals surface area contributed by atoms with Crippen LogP contribution in [0, 0.1) is 34.0 Å². The van der Waals surface area contributed by atoms with Gasteiger partial charge in [-0.05, 0) is 25.8 Å². The van der Waals surface area contributed by atoms with Gasteiger partial charge < -0.3 is 5.32 Å². The molecule has 4 heteroatoms. The maximum atomic E-state index is 8.91. The van der Waals surface area contributed by atoms with E-state index in [4.69, 9.17) is 15.8 Å². The van der Waals surface area contributed by atoms with E-state index in [0.717, 1.165) is 5.57 Å². The van der Waals surface area contributed by atoms with E-state index in [1.807, 2.05) is 19.9 Å². The van der Waals surface area contributed by atoms with Crippen LogP contribution in [-0.2, 0) is 0 Å².